The predicted molar refractivity (Wildman–Crippen MR) is 134 cm³/mol. The van der Waals surface area contributed by atoms with Crippen molar-refractivity contribution >= 4 is 63.7 Å². The van der Waals surface area contributed by atoms with Crippen molar-refractivity contribution in [1.82, 2.24) is 5.32 Å². The molecule has 3 aromatic rings. The van der Waals surface area contributed by atoms with Gasteiger partial charge in [0, 0.05) is 22.0 Å². The molecule has 9 heteroatoms. The Balaban J connectivity index is 1.32. The van der Waals surface area contributed by atoms with Crippen LogP contribution >= 0.6 is 35.4 Å². The third-order valence-corrected chi connectivity index (χ3v) is 5.80. The highest BCUT2D eigenvalue weighted by atomic mass is 35.5. The SMILES string of the molecule is CC(Oc1ccc(Cl)cc1Cl)C(=O)NC(=S)Nc1ccc(N2Cc3ccccc3C2=O)cc1. The number of rotatable bonds is 5. The number of carbonyl (C=O) groups excluding carboxylic acids is 2. The topological polar surface area (TPSA) is 70.7 Å². The Morgan fingerprint density at radius 2 is 1.82 bits per heavy atom. The average Bonchev–Trinajstić information content (AvgIpc) is 3.12. The highest BCUT2D eigenvalue weighted by Gasteiger charge is 2.27. The minimum Gasteiger partial charge on any atom is -0.479 e. The summed E-state index contributed by atoms with van der Waals surface area (Å²) in [6.45, 7) is 2.12. The van der Waals surface area contributed by atoms with Crippen molar-refractivity contribution in [2.75, 3.05) is 10.2 Å². The summed E-state index contributed by atoms with van der Waals surface area (Å²) >= 11 is 17.2. The van der Waals surface area contributed by atoms with E-state index in [1.54, 1.807) is 36.1 Å². The van der Waals surface area contributed by atoms with Crippen LogP contribution in [0.25, 0.3) is 0 Å². The molecule has 3 aromatic carbocycles. The molecule has 1 aliphatic rings. The molecule has 1 aliphatic heterocycles. The van der Waals surface area contributed by atoms with Crippen LogP contribution in [0.5, 0.6) is 5.75 Å². The van der Waals surface area contributed by atoms with Gasteiger partial charge in [-0.2, -0.15) is 0 Å². The predicted octanol–water partition coefficient (Wildman–Crippen LogP) is 5.43. The lowest BCUT2D eigenvalue weighted by Crippen LogP contribution is -2.42. The van der Waals surface area contributed by atoms with Gasteiger partial charge >= 0.3 is 0 Å². The number of carbonyl (C=O) groups is 2. The van der Waals surface area contributed by atoms with Gasteiger partial charge < -0.3 is 15.0 Å². The second-order valence-electron chi connectivity index (χ2n) is 7.37. The second-order valence-corrected chi connectivity index (χ2v) is 8.63. The Labute approximate surface area is 206 Å². The fraction of sp³-hybridized carbons (Fsp3) is 0.125. The summed E-state index contributed by atoms with van der Waals surface area (Å²) < 4.78 is 5.59. The zero-order valence-electron chi connectivity index (χ0n) is 17.5. The first kappa shape index (κ1) is 23.0. The number of benzene rings is 3. The van der Waals surface area contributed by atoms with Crippen molar-refractivity contribution in [2.24, 2.45) is 0 Å². The van der Waals surface area contributed by atoms with Gasteiger partial charge in [-0.15, -0.1) is 0 Å². The van der Waals surface area contributed by atoms with E-state index in [9.17, 15) is 9.59 Å². The molecule has 1 heterocycles. The number of hydrogen-bond acceptors (Lipinski definition) is 4. The number of thiocarbonyl (C=S) groups is 1. The van der Waals surface area contributed by atoms with Gasteiger partial charge in [0.1, 0.15) is 5.75 Å². The molecule has 0 saturated heterocycles. The summed E-state index contributed by atoms with van der Waals surface area (Å²) in [5.41, 5.74) is 3.17. The Morgan fingerprint density at radius 1 is 1.09 bits per heavy atom. The van der Waals surface area contributed by atoms with Gasteiger partial charge in [-0.05, 0) is 73.2 Å². The molecular formula is C24H19Cl2N3O3S. The van der Waals surface area contributed by atoms with Gasteiger partial charge in [0.05, 0.1) is 11.6 Å². The largest absolute Gasteiger partial charge is 0.479 e. The molecule has 0 bridgehead atoms. The van der Waals surface area contributed by atoms with E-state index >= 15 is 0 Å². The molecule has 6 nitrogen and oxygen atoms in total. The van der Waals surface area contributed by atoms with E-state index in [2.05, 4.69) is 10.6 Å². The smallest absolute Gasteiger partial charge is 0.266 e. The molecule has 0 spiro atoms. The van der Waals surface area contributed by atoms with E-state index in [-0.39, 0.29) is 11.0 Å². The highest BCUT2D eigenvalue weighted by Crippen LogP contribution is 2.29. The minimum atomic E-state index is -0.839. The standard InChI is InChI=1S/C24H19Cl2N3O3S/c1-14(32-21-11-6-16(25)12-20(21)26)22(30)28-24(33)27-17-7-9-18(10-8-17)29-13-15-4-2-3-5-19(15)23(29)31/h2-12,14H,13H2,1H3,(H2,27,28,30,33). The molecule has 2 amide bonds. The third-order valence-electron chi connectivity index (χ3n) is 5.06. The van der Waals surface area contributed by atoms with Crippen LogP contribution in [0, 0.1) is 0 Å². The summed E-state index contributed by atoms with van der Waals surface area (Å²) in [7, 11) is 0. The number of fused-ring (bicyclic) bond motifs is 1. The quantitative estimate of drug-likeness (QED) is 0.457. The normalized spacial score (nSPS) is 13.3. The molecule has 0 fully saturated rings. The Hall–Kier alpha value is -3.13. The molecule has 168 valence electrons. The van der Waals surface area contributed by atoms with Crippen molar-refractivity contribution in [2.45, 2.75) is 19.6 Å². The number of nitrogens with one attached hydrogen (secondary N) is 2. The third kappa shape index (κ3) is 5.27. The van der Waals surface area contributed by atoms with Gasteiger partial charge in [0.25, 0.3) is 11.8 Å². The number of nitrogens with zero attached hydrogens (tertiary/aromatic N) is 1. The second kappa shape index (κ2) is 9.79. The van der Waals surface area contributed by atoms with Crippen LogP contribution in [0.1, 0.15) is 22.8 Å². The Morgan fingerprint density at radius 3 is 2.52 bits per heavy atom. The van der Waals surface area contributed by atoms with Crippen LogP contribution in [-0.2, 0) is 11.3 Å². The summed E-state index contributed by atoms with van der Waals surface area (Å²) in [5.74, 6) is -0.115. The monoisotopic (exact) mass is 499 g/mol. The van der Waals surface area contributed by atoms with Crippen LogP contribution in [0.2, 0.25) is 10.0 Å². The van der Waals surface area contributed by atoms with Crippen molar-refractivity contribution in [3.8, 4) is 5.75 Å². The van der Waals surface area contributed by atoms with Crippen LogP contribution in [0.3, 0.4) is 0 Å². The average molecular weight is 500 g/mol. The van der Waals surface area contributed by atoms with Gasteiger partial charge in [-0.1, -0.05) is 41.4 Å². The highest BCUT2D eigenvalue weighted by molar-refractivity contribution is 7.80. The van der Waals surface area contributed by atoms with Gasteiger partial charge in [0.15, 0.2) is 11.2 Å². The maximum Gasteiger partial charge on any atom is 0.266 e. The number of amides is 2. The van der Waals surface area contributed by atoms with E-state index < -0.39 is 12.0 Å². The van der Waals surface area contributed by atoms with Crippen LogP contribution in [0.15, 0.2) is 66.7 Å². The van der Waals surface area contributed by atoms with Crippen molar-refractivity contribution in [1.29, 1.82) is 0 Å². The molecule has 33 heavy (non-hydrogen) atoms. The molecule has 0 radical (unpaired) electrons. The molecule has 1 atom stereocenters. The first-order valence-electron chi connectivity index (χ1n) is 10.0. The lowest BCUT2D eigenvalue weighted by molar-refractivity contribution is -0.125. The Kier molecular flexibility index (Phi) is 6.83. The van der Waals surface area contributed by atoms with E-state index in [0.717, 1.165) is 16.8 Å². The molecule has 2 N–H and O–H groups in total. The number of halogens is 2. The summed E-state index contributed by atoms with van der Waals surface area (Å²) in [6, 6.07) is 19.5. The van der Waals surface area contributed by atoms with Crippen LogP contribution in [0.4, 0.5) is 11.4 Å². The fourth-order valence-corrected chi connectivity index (χ4v) is 4.05. The first-order valence-corrected chi connectivity index (χ1v) is 11.2. The molecular weight excluding hydrogens is 481 g/mol. The molecule has 0 saturated carbocycles. The maximum atomic E-state index is 12.6. The number of hydrogen-bond donors (Lipinski definition) is 2. The molecule has 0 aromatic heterocycles. The van der Waals surface area contributed by atoms with Gasteiger partial charge in [-0.3, -0.25) is 14.9 Å². The lowest BCUT2D eigenvalue weighted by Gasteiger charge is -2.18. The number of ether oxygens (including phenoxy) is 1. The first-order chi connectivity index (χ1) is 15.8. The zero-order valence-corrected chi connectivity index (χ0v) is 19.8. The molecule has 0 aliphatic carbocycles. The summed E-state index contributed by atoms with van der Waals surface area (Å²) in [6.07, 6.45) is -0.839. The minimum absolute atomic E-state index is 0.0242. The Bertz CT molecular complexity index is 1230. The van der Waals surface area contributed by atoms with Crippen LogP contribution in [-0.4, -0.2) is 23.0 Å². The van der Waals surface area contributed by atoms with Gasteiger partial charge in [0.2, 0.25) is 0 Å². The summed E-state index contributed by atoms with van der Waals surface area (Å²) in [4.78, 5) is 26.8. The van der Waals surface area contributed by atoms with E-state index in [0.29, 0.717) is 28.0 Å². The number of anilines is 2. The van der Waals surface area contributed by atoms with Crippen molar-refractivity contribution < 1.29 is 14.3 Å². The van der Waals surface area contributed by atoms with Crippen molar-refractivity contribution in [3.63, 3.8) is 0 Å². The lowest BCUT2D eigenvalue weighted by atomic mass is 10.1. The van der Waals surface area contributed by atoms with E-state index in [4.69, 9.17) is 40.2 Å². The zero-order chi connectivity index (χ0) is 23.5. The van der Waals surface area contributed by atoms with Crippen LogP contribution < -0.4 is 20.3 Å². The summed E-state index contributed by atoms with van der Waals surface area (Å²) in [5, 5.41) is 6.44. The van der Waals surface area contributed by atoms with E-state index in [1.165, 1.54) is 6.07 Å². The molecule has 1 unspecified atom stereocenters. The van der Waals surface area contributed by atoms with Gasteiger partial charge in [-0.25, -0.2) is 0 Å². The molecule has 4 rings (SSSR count). The fourth-order valence-electron chi connectivity index (χ4n) is 3.38. The maximum absolute atomic E-state index is 12.6. The van der Waals surface area contributed by atoms with E-state index in [1.807, 2.05) is 36.4 Å². The van der Waals surface area contributed by atoms with Crippen molar-refractivity contribution in [3.05, 3.63) is 87.9 Å².